The van der Waals surface area contributed by atoms with Gasteiger partial charge >= 0.3 is 12.1 Å². The van der Waals surface area contributed by atoms with Crippen molar-refractivity contribution in [2.75, 3.05) is 59.0 Å². The number of carbonyl (C=O) groups excluding carboxylic acids is 2. The molecule has 7 nitrogen and oxygen atoms in total. The van der Waals surface area contributed by atoms with Gasteiger partial charge < -0.3 is 19.7 Å². The summed E-state index contributed by atoms with van der Waals surface area (Å²) >= 11 is 0. The van der Waals surface area contributed by atoms with Crippen LogP contribution in [-0.4, -0.2) is 80.9 Å². The molecule has 0 saturated heterocycles. The lowest BCUT2D eigenvalue weighted by atomic mass is 9.94. The number of carbonyl (C=O) groups is 2. The molecule has 0 aliphatic heterocycles. The topological polar surface area (TPSA) is 71.1 Å². The smallest absolute Gasteiger partial charge is 0.407 e. The fourth-order valence-electron chi connectivity index (χ4n) is 8.07. The Labute approximate surface area is 368 Å². The third-order valence-corrected chi connectivity index (χ3v) is 12.2. The fraction of sp³-hybridized carbons (Fsp3) is 0.923. The molecular formula is C52H103N3O4. The van der Waals surface area contributed by atoms with Crippen LogP contribution in [0.4, 0.5) is 4.79 Å². The van der Waals surface area contributed by atoms with Crippen LogP contribution < -0.4 is 5.32 Å². The minimum absolute atomic E-state index is 0.0636. The zero-order chi connectivity index (χ0) is 43.1. The predicted molar refractivity (Wildman–Crippen MR) is 257 cm³/mol. The number of unbranched alkanes of at least 4 members (excludes halogenated alkanes) is 25. The van der Waals surface area contributed by atoms with Gasteiger partial charge in [-0.25, -0.2) is 4.79 Å². The second kappa shape index (κ2) is 47.4. The summed E-state index contributed by atoms with van der Waals surface area (Å²) in [5.41, 5.74) is 0. The number of rotatable bonds is 47. The monoisotopic (exact) mass is 834 g/mol. The molecule has 0 radical (unpaired) electrons. The van der Waals surface area contributed by atoms with E-state index in [-0.39, 0.29) is 18.0 Å². The van der Waals surface area contributed by atoms with E-state index in [9.17, 15) is 9.59 Å². The molecule has 0 aromatic heterocycles. The molecule has 7 heteroatoms. The molecular weight excluding hydrogens is 731 g/mol. The Morgan fingerprint density at radius 1 is 0.441 bits per heavy atom. The lowest BCUT2D eigenvalue weighted by Crippen LogP contribution is -2.33. The Kier molecular flexibility index (Phi) is 46.2. The molecule has 1 N–H and O–H groups in total. The highest BCUT2D eigenvalue weighted by Crippen LogP contribution is 2.21. The van der Waals surface area contributed by atoms with Gasteiger partial charge in [-0.15, -0.1) is 0 Å². The van der Waals surface area contributed by atoms with Gasteiger partial charge in [-0.1, -0.05) is 194 Å². The van der Waals surface area contributed by atoms with Crippen LogP contribution in [0.1, 0.15) is 247 Å². The number of ether oxygens (including phenoxy) is 2. The molecule has 0 heterocycles. The molecule has 0 aromatic carbocycles. The number of hydrogen-bond acceptors (Lipinski definition) is 6. The van der Waals surface area contributed by atoms with E-state index in [2.05, 4.69) is 61.9 Å². The summed E-state index contributed by atoms with van der Waals surface area (Å²) in [5, 5.41) is 2.94. The molecule has 350 valence electrons. The van der Waals surface area contributed by atoms with E-state index in [1.165, 1.54) is 167 Å². The summed E-state index contributed by atoms with van der Waals surface area (Å²) in [6.07, 6.45) is 45.5. The molecule has 0 aliphatic rings. The SMILES string of the molecule is CCCCCCCC/C=C\CCCCCCCCN(CCCCCCCCOC(=O)C(CCCCCC)CCCCCCCC)CCOC(=O)NCCCN(CC)CC. The maximum absolute atomic E-state index is 13.0. The van der Waals surface area contributed by atoms with Crippen LogP contribution in [0.2, 0.25) is 0 Å². The normalized spacial score (nSPS) is 12.3. The van der Waals surface area contributed by atoms with Crippen LogP contribution in [0.3, 0.4) is 0 Å². The van der Waals surface area contributed by atoms with Crippen LogP contribution >= 0.6 is 0 Å². The van der Waals surface area contributed by atoms with Gasteiger partial charge in [-0.3, -0.25) is 9.69 Å². The van der Waals surface area contributed by atoms with Crippen LogP contribution in [0.5, 0.6) is 0 Å². The Bertz CT molecular complexity index is 895. The van der Waals surface area contributed by atoms with E-state index in [1.807, 2.05) is 0 Å². The van der Waals surface area contributed by atoms with Crippen LogP contribution in [0.15, 0.2) is 12.2 Å². The summed E-state index contributed by atoms with van der Waals surface area (Å²) in [6.45, 7) is 18.9. The van der Waals surface area contributed by atoms with Crippen molar-refractivity contribution < 1.29 is 19.1 Å². The van der Waals surface area contributed by atoms with Crippen LogP contribution in [0, 0.1) is 5.92 Å². The minimum Gasteiger partial charge on any atom is -0.465 e. The number of hydrogen-bond donors (Lipinski definition) is 1. The van der Waals surface area contributed by atoms with Crippen molar-refractivity contribution in [3.8, 4) is 0 Å². The number of nitrogens with one attached hydrogen (secondary N) is 1. The van der Waals surface area contributed by atoms with Gasteiger partial charge in [0.25, 0.3) is 0 Å². The number of alkyl carbamates (subject to hydrolysis) is 1. The first-order chi connectivity index (χ1) is 29.0. The quantitative estimate of drug-likeness (QED) is 0.0374. The van der Waals surface area contributed by atoms with E-state index in [0.717, 1.165) is 84.2 Å². The molecule has 1 atom stereocenters. The Hall–Kier alpha value is -1.60. The highest BCUT2D eigenvalue weighted by molar-refractivity contribution is 5.72. The second-order valence-corrected chi connectivity index (χ2v) is 17.6. The largest absolute Gasteiger partial charge is 0.465 e. The minimum atomic E-state index is -0.285. The van der Waals surface area contributed by atoms with Gasteiger partial charge in [0.1, 0.15) is 6.61 Å². The lowest BCUT2D eigenvalue weighted by Gasteiger charge is -2.22. The maximum atomic E-state index is 13.0. The number of esters is 1. The van der Waals surface area contributed by atoms with Gasteiger partial charge in [0, 0.05) is 13.1 Å². The van der Waals surface area contributed by atoms with Crippen molar-refractivity contribution in [1.82, 2.24) is 15.1 Å². The van der Waals surface area contributed by atoms with E-state index in [0.29, 0.717) is 19.8 Å². The van der Waals surface area contributed by atoms with Crippen LogP contribution in [-0.2, 0) is 14.3 Å². The summed E-state index contributed by atoms with van der Waals surface area (Å²) in [7, 11) is 0. The first-order valence-corrected chi connectivity index (χ1v) is 26.2. The van der Waals surface area contributed by atoms with Crippen molar-refractivity contribution >= 4 is 12.1 Å². The standard InChI is InChI=1S/C52H103N3O4/c1-6-11-14-17-19-20-21-22-23-24-25-26-27-28-32-37-44-55(47-49-59-52(57)53-43-40-46-54(9-4)10-5)45-38-33-29-30-34-39-48-58-51(56)50(41-35-16-13-8-3)42-36-31-18-15-12-7-2/h22-23,50H,6-21,24-49H2,1-5H3,(H,53,57)/b23-22-. The predicted octanol–water partition coefficient (Wildman–Crippen LogP) is 15.0. The van der Waals surface area contributed by atoms with Gasteiger partial charge in [-0.05, 0) is 96.9 Å². The van der Waals surface area contributed by atoms with E-state index >= 15 is 0 Å². The Morgan fingerprint density at radius 2 is 0.864 bits per heavy atom. The van der Waals surface area contributed by atoms with Gasteiger partial charge in [0.2, 0.25) is 0 Å². The number of nitrogens with zero attached hydrogens (tertiary/aromatic N) is 2. The Morgan fingerprint density at radius 3 is 1.37 bits per heavy atom. The zero-order valence-corrected chi connectivity index (χ0v) is 40.5. The summed E-state index contributed by atoms with van der Waals surface area (Å²) in [4.78, 5) is 30.2. The van der Waals surface area contributed by atoms with Crippen molar-refractivity contribution in [2.24, 2.45) is 5.92 Å². The summed E-state index contributed by atoms with van der Waals surface area (Å²) < 4.78 is 11.4. The van der Waals surface area contributed by atoms with Crippen molar-refractivity contribution in [3.63, 3.8) is 0 Å². The van der Waals surface area contributed by atoms with Gasteiger partial charge in [0.05, 0.1) is 12.5 Å². The maximum Gasteiger partial charge on any atom is 0.407 e. The first kappa shape index (κ1) is 57.4. The molecule has 0 fully saturated rings. The third kappa shape index (κ3) is 41.5. The lowest BCUT2D eigenvalue weighted by molar-refractivity contribution is -0.149. The van der Waals surface area contributed by atoms with E-state index < -0.39 is 0 Å². The van der Waals surface area contributed by atoms with Crippen molar-refractivity contribution in [1.29, 1.82) is 0 Å². The zero-order valence-electron chi connectivity index (χ0n) is 40.5. The van der Waals surface area contributed by atoms with E-state index in [4.69, 9.17) is 9.47 Å². The molecule has 0 rings (SSSR count). The van der Waals surface area contributed by atoms with E-state index in [1.54, 1.807) is 0 Å². The third-order valence-electron chi connectivity index (χ3n) is 12.2. The molecule has 0 bridgehead atoms. The number of amides is 1. The second-order valence-electron chi connectivity index (χ2n) is 17.6. The summed E-state index contributed by atoms with van der Waals surface area (Å²) in [6, 6.07) is 0. The van der Waals surface area contributed by atoms with Gasteiger partial charge in [-0.2, -0.15) is 0 Å². The van der Waals surface area contributed by atoms with Gasteiger partial charge in [0.15, 0.2) is 0 Å². The average molecular weight is 834 g/mol. The Balaban J connectivity index is 4.41. The fourth-order valence-corrected chi connectivity index (χ4v) is 8.07. The molecule has 0 saturated carbocycles. The molecule has 1 amide bonds. The molecule has 0 spiro atoms. The molecule has 1 unspecified atom stereocenters. The van der Waals surface area contributed by atoms with Crippen LogP contribution in [0.25, 0.3) is 0 Å². The summed E-state index contributed by atoms with van der Waals surface area (Å²) in [5.74, 6) is 0.161. The van der Waals surface area contributed by atoms with Crippen molar-refractivity contribution in [2.45, 2.75) is 247 Å². The molecule has 0 aromatic rings. The molecule has 59 heavy (non-hydrogen) atoms. The number of allylic oxidation sites excluding steroid dienone is 2. The van der Waals surface area contributed by atoms with Crippen molar-refractivity contribution in [3.05, 3.63) is 12.2 Å². The highest BCUT2D eigenvalue weighted by Gasteiger charge is 2.19. The highest BCUT2D eigenvalue weighted by atomic mass is 16.5. The average Bonchev–Trinajstić information content (AvgIpc) is 3.24. The first-order valence-electron chi connectivity index (χ1n) is 26.2. The molecule has 0 aliphatic carbocycles.